The number of benzene rings is 2. The van der Waals surface area contributed by atoms with Gasteiger partial charge in [-0.3, -0.25) is 9.25 Å². The first kappa shape index (κ1) is 19.4. The first-order valence-electron chi connectivity index (χ1n) is 9.45. The lowest BCUT2D eigenvalue weighted by atomic mass is 10.1. The van der Waals surface area contributed by atoms with Gasteiger partial charge in [0.15, 0.2) is 5.82 Å². The number of fused-ring (bicyclic) bond motifs is 1. The molecule has 5 nitrogen and oxygen atoms in total. The number of aromatic nitrogens is 4. The third-order valence-corrected chi connectivity index (χ3v) is 5.07. The van der Waals surface area contributed by atoms with Gasteiger partial charge in [-0.25, -0.2) is 9.37 Å². The van der Waals surface area contributed by atoms with Crippen molar-refractivity contribution in [2.75, 3.05) is 6.54 Å². The quantitative estimate of drug-likeness (QED) is 0.543. The number of hydrogen-bond acceptors (Lipinski definition) is 3. The van der Waals surface area contributed by atoms with Crippen LogP contribution in [0.1, 0.15) is 12.1 Å². The van der Waals surface area contributed by atoms with E-state index in [-0.39, 0.29) is 18.2 Å². The second kappa shape index (κ2) is 8.19. The molecule has 2 aromatic heterocycles. The highest BCUT2D eigenvalue weighted by atomic mass is 35.5. The topological polar surface area (TPSA) is 47.7 Å². The van der Waals surface area contributed by atoms with Crippen LogP contribution in [0.15, 0.2) is 67.0 Å². The first-order valence-corrected chi connectivity index (χ1v) is 9.45. The summed E-state index contributed by atoms with van der Waals surface area (Å²) in [5, 5.41) is 8.19. The minimum atomic E-state index is -0.229. The van der Waals surface area contributed by atoms with Crippen molar-refractivity contribution in [2.24, 2.45) is 0 Å². The molecule has 4 aromatic rings. The van der Waals surface area contributed by atoms with Gasteiger partial charge in [-0.2, -0.15) is 5.10 Å². The molecule has 0 atom stereocenters. The van der Waals surface area contributed by atoms with Crippen LogP contribution in [0.25, 0.3) is 28.3 Å². The molecular formula is C22H21ClFN5. The van der Waals surface area contributed by atoms with E-state index in [1.807, 2.05) is 41.1 Å². The average Bonchev–Trinajstić information content (AvgIpc) is 3.30. The highest BCUT2D eigenvalue weighted by Crippen LogP contribution is 2.25. The van der Waals surface area contributed by atoms with Crippen LogP contribution in [0, 0.1) is 5.82 Å². The van der Waals surface area contributed by atoms with E-state index in [9.17, 15) is 4.39 Å². The number of nitrogens with zero attached hydrogens (tertiary/aromatic N) is 4. The summed E-state index contributed by atoms with van der Waals surface area (Å²) in [4.78, 5) is 4.54. The SMILES string of the molecule is Cl.Fc1cccc(-c2ccc(-n3ccnc3-c3cc4n(n3)CCCNC4)cc2)c1. The maximum atomic E-state index is 13.5. The summed E-state index contributed by atoms with van der Waals surface area (Å²) in [6.07, 6.45) is 4.80. The van der Waals surface area contributed by atoms with Crippen LogP contribution in [0.4, 0.5) is 4.39 Å². The number of imidazole rings is 1. The van der Waals surface area contributed by atoms with Crippen LogP contribution in [0.2, 0.25) is 0 Å². The van der Waals surface area contributed by atoms with E-state index >= 15 is 0 Å². The van der Waals surface area contributed by atoms with Gasteiger partial charge in [0.2, 0.25) is 0 Å². The molecular weight excluding hydrogens is 389 g/mol. The lowest BCUT2D eigenvalue weighted by Gasteiger charge is -2.08. The predicted molar refractivity (Wildman–Crippen MR) is 114 cm³/mol. The van der Waals surface area contributed by atoms with E-state index in [1.54, 1.807) is 18.3 Å². The van der Waals surface area contributed by atoms with Crippen molar-refractivity contribution in [3.8, 4) is 28.3 Å². The second-order valence-corrected chi connectivity index (χ2v) is 6.95. The van der Waals surface area contributed by atoms with Gasteiger partial charge < -0.3 is 5.32 Å². The molecule has 29 heavy (non-hydrogen) atoms. The summed E-state index contributed by atoms with van der Waals surface area (Å²) in [6, 6.07) is 16.8. The van der Waals surface area contributed by atoms with Gasteiger partial charge in [0.05, 0.1) is 5.69 Å². The summed E-state index contributed by atoms with van der Waals surface area (Å²) in [6.45, 7) is 2.77. The van der Waals surface area contributed by atoms with E-state index < -0.39 is 0 Å². The molecule has 1 aliphatic rings. The van der Waals surface area contributed by atoms with Gasteiger partial charge in [-0.15, -0.1) is 12.4 Å². The summed E-state index contributed by atoms with van der Waals surface area (Å²) in [7, 11) is 0. The molecule has 1 N–H and O–H groups in total. The summed E-state index contributed by atoms with van der Waals surface area (Å²) < 4.78 is 17.6. The normalized spacial score (nSPS) is 13.4. The van der Waals surface area contributed by atoms with Crippen molar-refractivity contribution in [3.05, 3.63) is 78.5 Å². The fourth-order valence-corrected chi connectivity index (χ4v) is 3.65. The Hall–Kier alpha value is -2.96. The van der Waals surface area contributed by atoms with E-state index in [2.05, 4.69) is 21.0 Å². The molecule has 0 amide bonds. The van der Waals surface area contributed by atoms with Crippen molar-refractivity contribution >= 4 is 12.4 Å². The Kier molecular flexibility index (Phi) is 5.47. The van der Waals surface area contributed by atoms with Gasteiger partial charge in [0.1, 0.15) is 11.5 Å². The van der Waals surface area contributed by atoms with Gasteiger partial charge in [0.25, 0.3) is 0 Å². The van der Waals surface area contributed by atoms with Gasteiger partial charge in [0, 0.05) is 31.2 Å². The van der Waals surface area contributed by atoms with Crippen LogP contribution >= 0.6 is 12.4 Å². The number of aryl methyl sites for hydroxylation is 1. The number of hydrogen-bond donors (Lipinski definition) is 1. The smallest absolute Gasteiger partial charge is 0.165 e. The van der Waals surface area contributed by atoms with Crippen molar-refractivity contribution in [2.45, 2.75) is 19.5 Å². The summed E-state index contributed by atoms with van der Waals surface area (Å²) in [5.41, 5.74) is 4.89. The highest BCUT2D eigenvalue weighted by molar-refractivity contribution is 5.85. The molecule has 0 aliphatic carbocycles. The van der Waals surface area contributed by atoms with Gasteiger partial charge in [-0.1, -0.05) is 24.3 Å². The van der Waals surface area contributed by atoms with Crippen LogP contribution in [-0.4, -0.2) is 25.9 Å². The molecule has 148 valence electrons. The molecule has 0 radical (unpaired) electrons. The minimum absolute atomic E-state index is 0. The molecule has 0 unspecified atom stereocenters. The molecule has 0 bridgehead atoms. The zero-order chi connectivity index (χ0) is 18.9. The molecule has 2 aromatic carbocycles. The van der Waals surface area contributed by atoms with Crippen molar-refractivity contribution < 1.29 is 4.39 Å². The molecule has 5 rings (SSSR count). The van der Waals surface area contributed by atoms with E-state index in [1.165, 1.54) is 11.8 Å². The molecule has 3 heterocycles. The zero-order valence-electron chi connectivity index (χ0n) is 15.8. The lowest BCUT2D eigenvalue weighted by molar-refractivity contribution is 0.588. The fourth-order valence-electron chi connectivity index (χ4n) is 3.65. The Bertz CT molecular complexity index is 1090. The summed E-state index contributed by atoms with van der Waals surface area (Å²) >= 11 is 0. The summed E-state index contributed by atoms with van der Waals surface area (Å²) in [5.74, 6) is 0.589. The van der Waals surface area contributed by atoms with E-state index in [0.717, 1.165) is 54.4 Å². The van der Waals surface area contributed by atoms with E-state index in [0.29, 0.717) is 0 Å². The monoisotopic (exact) mass is 409 g/mol. The molecule has 0 saturated heterocycles. The molecule has 0 saturated carbocycles. The van der Waals surface area contributed by atoms with Crippen LogP contribution in [-0.2, 0) is 13.1 Å². The molecule has 1 aliphatic heterocycles. The Labute approximate surface area is 174 Å². The third kappa shape index (κ3) is 3.81. The number of rotatable bonds is 3. The van der Waals surface area contributed by atoms with Crippen molar-refractivity contribution in [1.82, 2.24) is 24.6 Å². The maximum absolute atomic E-state index is 13.5. The minimum Gasteiger partial charge on any atom is -0.311 e. The Morgan fingerprint density at radius 2 is 1.86 bits per heavy atom. The molecule has 7 heteroatoms. The Morgan fingerprint density at radius 1 is 1.00 bits per heavy atom. The largest absolute Gasteiger partial charge is 0.311 e. The van der Waals surface area contributed by atoms with Gasteiger partial charge >= 0.3 is 0 Å². The second-order valence-electron chi connectivity index (χ2n) is 6.95. The third-order valence-electron chi connectivity index (χ3n) is 5.07. The van der Waals surface area contributed by atoms with Crippen molar-refractivity contribution in [1.29, 1.82) is 0 Å². The number of halogens is 2. The Balaban J connectivity index is 0.00000205. The van der Waals surface area contributed by atoms with Gasteiger partial charge in [-0.05, 0) is 54.4 Å². The Morgan fingerprint density at radius 3 is 2.69 bits per heavy atom. The molecule has 0 spiro atoms. The lowest BCUT2D eigenvalue weighted by Crippen LogP contribution is -2.11. The fraction of sp³-hybridized carbons (Fsp3) is 0.182. The van der Waals surface area contributed by atoms with Crippen LogP contribution in [0.3, 0.4) is 0 Å². The van der Waals surface area contributed by atoms with Crippen LogP contribution in [0.5, 0.6) is 0 Å². The maximum Gasteiger partial charge on any atom is 0.165 e. The van der Waals surface area contributed by atoms with Crippen LogP contribution < -0.4 is 5.32 Å². The highest BCUT2D eigenvalue weighted by Gasteiger charge is 2.16. The van der Waals surface area contributed by atoms with E-state index in [4.69, 9.17) is 5.10 Å². The first-order chi connectivity index (χ1) is 13.8. The number of nitrogens with one attached hydrogen (secondary N) is 1. The van der Waals surface area contributed by atoms with Crippen molar-refractivity contribution in [3.63, 3.8) is 0 Å². The predicted octanol–water partition coefficient (Wildman–Crippen LogP) is 4.46. The average molecular weight is 410 g/mol. The zero-order valence-corrected chi connectivity index (χ0v) is 16.6. The molecule has 0 fully saturated rings. The standard InChI is InChI=1S/C22H20FN5.ClH/c23-18-4-1-3-17(13-18)16-5-7-19(8-6-16)27-12-10-25-22(27)21-14-20-15-24-9-2-11-28(20)26-21;/h1,3-8,10,12-14,24H,2,9,11,15H2;1H.